The summed E-state index contributed by atoms with van der Waals surface area (Å²) in [5, 5.41) is 0. The summed E-state index contributed by atoms with van der Waals surface area (Å²) < 4.78 is 5.70. The minimum Gasteiger partial charge on any atom is -0.421 e. The summed E-state index contributed by atoms with van der Waals surface area (Å²) in [6.45, 7) is 7.39. The fraction of sp³-hybridized carbons (Fsp3) is 0.625. The Kier molecular flexibility index (Phi) is 7.84. The van der Waals surface area contributed by atoms with Gasteiger partial charge in [-0.1, -0.05) is 51.0 Å². The van der Waals surface area contributed by atoms with Crippen molar-refractivity contribution in [3.8, 4) is 0 Å². The predicted octanol–water partition coefficient (Wildman–Crippen LogP) is 3.83. The van der Waals surface area contributed by atoms with Gasteiger partial charge in [0.15, 0.2) is 0 Å². The molecular formula is C16H28BNO. The molecule has 1 aromatic carbocycles. The van der Waals surface area contributed by atoms with Crippen LogP contribution in [0.15, 0.2) is 24.3 Å². The lowest BCUT2D eigenvalue weighted by Crippen LogP contribution is -2.31. The molecule has 0 aliphatic rings. The third-order valence-electron chi connectivity index (χ3n) is 3.57. The van der Waals surface area contributed by atoms with Gasteiger partial charge in [-0.3, -0.25) is 0 Å². The number of hydrogen-bond donors (Lipinski definition) is 1. The van der Waals surface area contributed by atoms with Gasteiger partial charge < -0.3 is 10.3 Å². The van der Waals surface area contributed by atoms with Gasteiger partial charge in [0.25, 0.3) is 0 Å². The zero-order chi connectivity index (χ0) is 14.1. The Bertz CT molecular complexity index is 356. The molecule has 0 aliphatic carbocycles. The van der Waals surface area contributed by atoms with Crippen LogP contribution in [-0.4, -0.2) is 13.7 Å². The van der Waals surface area contributed by atoms with Crippen molar-refractivity contribution in [3.63, 3.8) is 0 Å². The van der Waals surface area contributed by atoms with E-state index in [0.717, 1.165) is 25.8 Å². The SMILES string of the molecule is CCCC(C)COB(N)CCCc1ccccc1C. The zero-order valence-corrected chi connectivity index (χ0v) is 12.7. The van der Waals surface area contributed by atoms with Crippen LogP contribution in [0.3, 0.4) is 0 Å². The topological polar surface area (TPSA) is 35.2 Å². The van der Waals surface area contributed by atoms with Crippen molar-refractivity contribution in [3.05, 3.63) is 35.4 Å². The molecule has 1 atom stereocenters. The maximum Gasteiger partial charge on any atom is 0.376 e. The van der Waals surface area contributed by atoms with Crippen molar-refractivity contribution in [2.75, 3.05) is 6.61 Å². The van der Waals surface area contributed by atoms with E-state index in [9.17, 15) is 0 Å². The van der Waals surface area contributed by atoms with Gasteiger partial charge >= 0.3 is 7.05 Å². The molecule has 106 valence electrons. The maximum absolute atomic E-state index is 6.00. The first-order chi connectivity index (χ1) is 9.13. The van der Waals surface area contributed by atoms with E-state index >= 15 is 0 Å². The van der Waals surface area contributed by atoms with Crippen molar-refractivity contribution in [2.24, 2.45) is 11.6 Å². The first kappa shape index (κ1) is 16.3. The van der Waals surface area contributed by atoms with Gasteiger partial charge in [-0.2, -0.15) is 0 Å². The Morgan fingerprint density at radius 2 is 2.05 bits per heavy atom. The summed E-state index contributed by atoms with van der Waals surface area (Å²) in [5.41, 5.74) is 8.79. The van der Waals surface area contributed by atoms with Crippen molar-refractivity contribution >= 4 is 7.05 Å². The van der Waals surface area contributed by atoms with E-state index in [1.165, 1.54) is 24.0 Å². The number of hydrogen-bond acceptors (Lipinski definition) is 2. The Hall–Kier alpha value is -0.795. The number of aryl methyl sites for hydroxylation is 2. The quantitative estimate of drug-likeness (QED) is 0.686. The van der Waals surface area contributed by atoms with Crippen LogP contribution in [0.4, 0.5) is 0 Å². The van der Waals surface area contributed by atoms with E-state index in [0.29, 0.717) is 5.92 Å². The van der Waals surface area contributed by atoms with Crippen LogP contribution in [0, 0.1) is 12.8 Å². The molecule has 0 spiro atoms. The normalized spacial score (nSPS) is 12.4. The summed E-state index contributed by atoms with van der Waals surface area (Å²) >= 11 is 0. The van der Waals surface area contributed by atoms with Gasteiger partial charge in [0.2, 0.25) is 0 Å². The monoisotopic (exact) mass is 261 g/mol. The van der Waals surface area contributed by atoms with Gasteiger partial charge in [-0.05, 0) is 43.1 Å². The summed E-state index contributed by atoms with van der Waals surface area (Å²) in [5.74, 6) is 0.618. The van der Waals surface area contributed by atoms with Gasteiger partial charge in [-0.15, -0.1) is 0 Å². The smallest absolute Gasteiger partial charge is 0.376 e. The van der Waals surface area contributed by atoms with Crippen LogP contribution < -0.4 is 5.64 Å². The van der Waals surface area contributed by atoms with E-state index in [4.69, 9.17) is 10.3 Å². The van der Waals surface area contributed by atoms with Gasteiger partial charge in [0.05, 0.1) is 0 Å². The van der Waals surface area contributed by atoms with Crippen LogP contribution in [0.1, 0.15) is 44.2 Å². The molecule has 0 aliphatic heterocycles. The van der Waals surface area contributed by atoms with Gasteiger partial charge in [0, 0.05) is 6.61 Å². The largest absolute Gasteiger partial charge is 0.421 e. The molecule has 2 nitrogen and oxygen atoms in total. The Morgan fingerprint density at radius 3 is 2.74 bits per heavy atom. The highest BCUT2D eigenvalue weighted by atomic mass is 16.4. The Labute approximate surface area is 118 Å². The molecule has 3 heteroatoms. The summed E-state index contributed by atoms with van der Waals surface area (Å²) in [6, 6.07) is 8.55. The molecule has 0 amide bonds. The van der Waals surface area contributed by atoms with Crippen LogP contribution in [0.2, 0.25) is 6.32 Å². The molecule has 1 unspecified atom stereocenters. The third-order valence-corrected chi connectivity index (χ3v) is 3.57. The minimum absolute atomic E-state index is 0.108. The van der Waals surface area contributed by atoms with E-state index in [1.807, 2.05) is 0 Å². The molecule has 0 radical (unpaired) electrons. The number of rotatable bonds is 9. The average Bonchev–Trinajstić information content (AvgIpc) is 2.39. The summed E-state index contributed by atoms with van der Waals surface area (Å²) in [6.07, 6.45) is 5.55. The minimum atomic E-state index is -0.108. The number of benzene rings is 1. The molecule has 0 fully saturated rings. The van der Waals surface area contributed by atoms with E-state index in [2.05, 4.69) is 45.0 Å². The van der Waals surface area contributed by atoms with Crippen molar-refractivity contribution in [1.82, 2.24) is 0 Å². The van der Waals surface area contributed by atoms with Crippen molar-refractivity contribution < 1.29 is 4.65 Å². The average molecular weight is 261 g/mol. The van der Waals surface area contributed by atoms with E-state index in [-0.39, 0.29) is 7.05 Å². The van der Waals surface area contributed by atoms with Crippen LogP contribution in [0.25, 0.3) is 0 Å². The molecule has 0 saturated carbocycles. The lowest BCUT2D eigenvalue weighted by atomic mass is 9.77. The lowest BCUT2D eigenvalue weighted by Gasteiger charge is -2.14. The zero-order valence-electron chi connectivity index (χ0n) is 12.7. The highest BCUT2D eigenvalue weighted by Gasteiger charge is 2.12. The van der Waals surface area contributed by atoms with Gasteiger partial charge in [0.1, 0.15) is 0 Å². The van der Waals surface area contributed by atoms with Crippen LogP contribution in [-0.2, 0) is 11.1 Å². The highest BCUT2D eigenvalue weighted by molar-refractivity contribution is 6.47. The number of nitrogens with two attached hydrogens (primary N) is 1. The fourth-order valence-electron chi connectivity index (χ4n) is 2.33. The maximum atomic E-state index is 6.00. The molecule has 2 N–H and O–H groups in total. The Balaban J connectivity index is 2.17. The molecular weight excluding hydrogens is 233 g/mol. The summed E-state index contributed by atoms with van der Waals surface area (Å²) in [7, 11) is -0.108. The summed E-state index contributed by atoms with van der Waals surface area (Å²) in [4.78, 5) is 0. The van der Waals surface area contributed by atoms with E-state index < -0.39 is 0 Å². The van der Waals surface area contributed by atoms with Crippen molar-refractivity contribution in [2.45, 2.75) is 52.8 Å². The lowest BCUT2D eigenvalue weighted by molar-refractivity contribution is 0.250. The standard InChI is InChI=1S/C16H28BNO/c1-4-8-14(2)13-19-17(18)12-7-11-16-10-6-5-9-15(16)3/h5-6,9-10,14H,4,7-8,11-13,18H2,1-3H3. The molecule has 0 bridgehead atoms. The van der Waals surface area contributed by atoms with Gasteiger partial charge in [-0.25, -0.2) is 0 Å². The predicted molar refractivity (Wildman–Crippen MR) is 84.3 cm³/mol. The first-order valence-corrected chi connectivity index (χ1v) is 7.55. The molecule has 0 heterocycles. The first-order valence-electron chi connectivity index (χ1n) is 7.55. The second-order valence-electron chi connectivity index (χ2n) is 5.58. The van der Waals surface area contributed by atoms with Crippen LogP contribution >= 0.6 is 0 Å². The second-order valence-corrected chi connectivity index (χ2v) is 5.58. The molecule has 19 heavy (non-hydrogen) atoms. The highest BCUT2D eigenvalue weighted by Crippen LogP contribution is 2.12. The molecule has 0 aromatic heterocycles. The third kappa shape index (κ3) is 6.79. The fourth-order valence-corrected chi connectivity index (χ4v) is 2.33. The molecule has 1 aromatic rings. The van der Waals surface area contributed by atoms with Crippen LogP contribution in [0.5, 0.6) is 0 Å². The molecule has 0 saturated heterocycles. The molecule has 1 rings (SSSR count). The second kappa shape index (κ2) is 9.16. The van der Waals surface area contributed by atoms with Crippen molar-refractivity contribution in [1.29, 1.82) is 0 Å². The van der Waals surface area contributed by atoms with E-state index in [1.54, 1.807) is 0 Å². The Morgan fingerprint density at radius 1 is 1.32 bits per heavy atom.